The summed E-state index contributed by atoms with van der Waals surface area (Å²) in [5.41, 5.74) is 1.30. The zero-order valence-electron chi connectivity index (χ0n) is 11.6. The Kier molecular flexibility index (Phi) is 4.88. The van der Waals surface area contributed by atoms with Gasteiger partial charge in [-0.05, 0) is 52.4 Å². The minimum atomic E-state index is -0.430. The topological polar surface area (TPSA) is 50.3 Å². The maximum atomic E-state index is 12.6. The number of amides is 2. The quantitative estimate of drug-likeness (QED) is 0.301. The van der Waals surface area contributed by atoms with Gasteiger partial charge < -0.3 is 0 Å². The lowest BCUT2D eigenvalue weighted by molar-refractivity contribution is -0.120. The number of benzene rings is 1. The van der Waals surface area contributed by atoms with Crippen molar-refractivity contribution in [3.63, 3.8) is 0 Å². The van der Waals surface area contributed by atoms with Gasteiger partial charge in [0.2, 0.25) is 0 Å². The Hall–Kier alpha value is -1.58. The average molecular weight is 452 g/mol. The number of aromatic nitrogens is 1. The van der Waals surface area contributed by atoms with Crippen molar-refractivity contribution in [2.45, 2.75) is 0 Å². The lowest BCUT2D eigenvalue weighted by Gasteiger charge is -2.11. The van der Waals surface area contributed by atoms with Crippen LogP contribution in [0.15, 0.2) is 53.7 Å². The Balaban J connectivity index is 1.92. The molecule has 0 saturated carbocycles. The third-order valence-corrected chi connectivity index (χ3v) is 5.40. The fourth-order valence-electron chi connectivity index (χ4n) is 2.00. The van der Waals surface area contributed by atoms with Gasteiger partial charge in [-0.15, -0.1) is 0 Å². The van der Waals surface area contributed by atoms with Crippen LogP contribution in [0.3, 0.4) is 0 Å². The molecule has 1 saturated heterocycles. The van der Waals surface area contributed by atoms with Gasteiger partial charge in [0.15, 0.2) is 4.32 Å². The largest absolute Gasteiger partial charge is 0.273 e. The lowest BCUT2D eigenvalue weighted by atomic mass is 10.2. The number of carbonyl (C=O) groups excluding carboxylic acids is 2. The number of hydrogen-bond acceptors (Lipinski definition) is 5. The molecular formula is C16H9IN2O2S2. The van der Waals surface area contributed by atoms with E-state index in [0.29, 0.717) is 10.5 Å². The van der Waals surface area contributed by atoms with Crippen molar-refractivity contribution in [2.75, 3.05) is 0 Å². The zero-order chi connectivity index (χ0) is 16.4. The first kappa shape index (κ1) is 16.3. The molecule has 1 aromatic heterocycles. The molecule has 2 heterocycles. The molecule has 1 aliphatic rings. The van der Waals surface area contributed by atoms with Gasteiger partial charge in [-0.25, -0.2) is 4.90 Å². The minimum absolute atomic E-state index is 0.244. The minimum Gasteiger partial charge on any atom is -0.268 e. The highest BCUT2D eigenvalue weighted by atomic mass is 127. The van der Waals surface area contributed by atoms with E-state index in [9.17, 15) is 9.59 Å². The van der Waals surface area contributed by atoms with E-state index in [-0.39, 0.29) is 10.2 Å². The van der Waals surface area contributed by atoms with E-state index in [1.807, 2.05) is 24.3 Å². The fourth-order valence-corrected chi connectivity index (χ4v) is 3.79. The molecule has 4 nitrogen and oxygen atoms in total. The predicted octanol–water partition coefficient (Wildman–Crippen LogP) is 3.73. The summed E-state index contributed by atoms with van der Waals surface area (Å²) in [5, 5.41) is 0. The molecule has 0 radical (unpaired) electrons. The molecule has 7 heteroatoms. The summed E-state index contributed by atoms with van der Waals surface area (Å²) in [4.78, 5) is 30.4. The first-order valence-electron chi connectivity index (χ1n) is 6.55. The van der Waals surface area contributed by atoms with E-state index in [1.54, 1.807) is 18.2 Å². The second-order valence-electron chi connectivity index (χ2n) is 4.58. The number of thiocarbonyl (C=S) groups is 1. The van der Waals surface area contributed by atoms with Gasteiger partial charge in [0.25, 0.3) is 11.8 Å². The molecular weight excluding hydrogens is 443 g/mol. The SMILES string of the molecule is O=C1C(=Cc2ccccc2I)SC(=S)N1C(=O)c1ccncc1. The highest BCUT2D eigenvalue weighted by Crippen LogP contribution is 2.34. The second-order valence-corrected chi connectivity index (χ2v) is 7.42. The van der Waals surface area contributed by atoms with Crippen LogP contribution in [0.2, 0.25) is 0 Å². The molecule has 1 fully saturated rings. The lowest BCUT2D eigenvalue weighted by Crippen LogP contribution is -2.34. The first-order chi connectivity index (χ1) is 11.1. The molecule has 0 N–H and O–H groups in total. The average Bonchev–Trinajstić information content (AvgIpc) is 2.84. The number of thioether (sulfide) groups is 1. The van der Waals surface area contributed by atoms with Gasteiger partial charge in [0, 0.05) is 21.5 Å². The van der Waals surface area contributed by atoms with Crippen LogP contribution in [0.4, 0.5) is 0 Å². The van der Waals surface area contributed by atoms with Gasteiger partial charge in [0.05, 0.1) is 4.91 Å². The number of halogens is 1. The molecule has 114 valence electrons. The van der Waals surface area contributed by atoms with Gasteiger partial charge >= 0.3 is 0 Å². The van der Waals surface area contributed by atoms with Crippen molar-refractivity contribution in [2.24, 2.45) is 0 Å². The van der Waals surface area contributed by atoms with Crippen molar-refractivity contribution < 1.29 is 9.59 Å². The van der Waals surface area contributed by atoms with Crippen LogP contribution in [0, 0.1) is 3.57 Å². The van der Waals surface area contributed by atoms with Gasteiger partial charge in [-0.2, -0.15) is 0 Å². The number of hydrogen-bond donors (Lipinski definition) is 0. The summed E-state index contributed by atoms with van der Waals surface area (Å²) in [6.07, 6.45) is 4.78. The summed E-state index contributed by atoms with van der Waals surface area (Å²) < 4.78 is 1.27. The summed E-state index contributed by atoms with van der Waals surface area (Å²) in [6, 6.07) is 10.8. The van der Waals surface area contributed by atoms with Crippen LogP contribution < -0.4 is 0 Å². The molecule has 3 rings (SSSR count). The zero-order valence-corrected chi connectivity index (χ0v) is 15.4. The van der Waals surface area contributed by atoms with Gasteiger partial charge in [-0.3, -0.25) is 14.6 Å². The van der Waals surface area contributed by atoms with Crippen LogP contribution in [-0.4, -0.2) is 26.0 Å². The molecule has 1 aliphatic heterocycles. The Bertz CT molecular complexity index is 837. The Morgan fingerprint density at radius 3 is 2.61 bits per heavy atom. The first-order valence-corrected chi connectivity index (χ1v) is 8.85. The molecule has 0 spiro atoms. The van der Waals surface area contributed by atoms with Crippen molar-refractivity contribution in [1.29, 1.82) is 0 Å². The molecule has 2 amide bonds. The standard InChI is InChI=1S/C16H9IN2O2S2/c17-12-4-2-1-3-11(12)9-13-15(21)19(16(22)23-13)14(20)10-5-7-18-8-6-10/h1-9H. The smallest absolute Gasteiger partial charge is 0.268 e. The van der Waals surface area contributed by atoms with Crippen LogP contribution in [0.1, 0.15) is 15.9 Å². The third-order valence-electron chi connectivity index (χ3n) is 3.12. The van der Waals surface area contributed by atoms with E-state index in [2.05, 4.69) is 27.6 Å². The number of nitrogens with zero attached hydrogens (tertiary/aromatic N) is 2. The fraction of sp³-hybridized carbons (Fsp3) is 0. The van der Waals surface area contributed by atoms with Crippen LogP contribution >= 0.6 is 46.6 Å². The summed E-state index contributed by atoms with van der Waals surface area (Å²) >= 11 is 8.55. The van der Waals surface area contributed by atoms with E-state index >= 15 is 0 Å². The Morgan fingerprint density at radius 1 is 1.22 bits per heavy atom. The predicted molar refractivity (Wildman–Crippen MR) is 103 cm³/mol. The second kappa shape index (κ2) is 6.90. The molecule has 23 heavy (non-hydrogen) atoms. The number of rotatable bonds is 2. The van der Waals surface area contributed by atoms with Crippen molar-refractivity contribution in [1.82, 2.24) is 9.88 Å². The van der Waals surface area contributed by atoms with Crippen LogP contribution in [0.5, 0.6) is 0 Å². The maximum absolute atomic E-state index is 12.6. The number of pyridine rings is 1. The third kappa shape index (κ3) is 3.36. The monoisotopic (exact) mass is 452 g/mol. The van der Waals surface area contributed by atoms with E-state index in [1.165, 1.54) is 12.4 Å². The van der Waals surface area contributed by atoms with Crippen LogP contribution in [-0.2, 0) is 4.79 Å². The summed E-state index contributed by atoms with van der Waals surface area (Å²) in [6.45, 7) is 0. The van der Waals surface area contributed by atoms with E-state index in [4.69, 9.17) is 12.2 Å². The Labute approximate surface area is 156 Å². The van der Waals surface area contributed by atoms with E-state index < -0.39 is 5.91 Å². The van der Waals surface area contributed by atoms with Gasteiger partial charge in [0.1, 0.15) is 0 Å². The molecule has 2 aromatic rings. The van der Waals surface area contributed by atoms with Crippen LogP contribution in [0.25, 0.3) is 6.08 Å². The maximum Gasteiger partial charge on any atom is 0.273 e. The molecule has 0 bridgehead atoms. The van der Waals surface area contributed by atoms with Gasteiger partial charge in [-0.1, -0.05) is 42.2 Å². The number of carbonyl (C=O) groups is 2. The molecule has 1 aromatic carbocycles. The van der Waals surface area contributed by atoms with Crippen molar-refractivity contribution >= 4 is 68.8 Å². The molecule has 0 aliphatic carbocycles. The van der Waals surface area contributed by atoms with Crippen molar-refractivity contribution in [3.8, 4) is 0 Å². The molecule has 0 unspecified atom stereocenters. The van der Waals surface area contributed by atoms with E-state index in [0.717, 1.165) is 25.8 Å². The Morgan fingerprint density at radius 2 is 1.91 bits per heavy atom. The van der Waals surface area contributed by atoms with Crippen molar-refractivity contribution in [3.05, 3.63) is 68.4 Å². The molecule has 0 atom stereocenters. The number of imide groups is 1. The summed E-state index contributed by atoms with van der Waals surface area (Å²) in [5.74, 6) is -0.817. The highest BCUT2D eigenvalue weighted by molar-refractivity contribution is 14.1. The highest BCUT2D eigenvalue weighted by Gasteiger charge is 2.37. The summed E-state index contributed by atoms with van der Waals surface area (Å²) in [7, 11) is 0. The normalized spacial score (nSPS) is 16.2.